The minimum atomic E-state index is -0.804. The van der Waals surface area contributed by atoms with Gasteiger partial charge in [0.15, 0.2) is 0 Å². The van der Waals surface area contributed by atoms with Crippen LogP contribution in [0.5, 0.6) is 17.2 Å². The summed E-state index contributed by atoms with van der Waals surface area (Å²) in [7, 11) is 0. The monoisotopic (exact) mass is 909 g/mol. The number of nitrogens with zero attached hydrogens (tertiary/aromatic N) is 3. The Morgan fingerprint density at radius 1 is 0.444 bits per heavy atom. The summed E-state index contributed by atoms with van der Waals surface area (Å²) in [6, 6.07) is 32.8. The number of rotatable bonds is 9. The molecule has 0 bridgehead atoms. The number of hydrogen-bond donors (Lipinski definition) is 0. The zero-order chi connectivity index (χ0) is 37.6. The highest BCUT2D eigenvalue weighted by atomic mass is 79.9. The zero-order valence-electron chi connectivity index (χ0n) is 28.4. The van der Waals surface area contributed by atoms with Crippen molar-refractivity contribution in [2.45, 2.75) is 19.3 Å². The van der Waals surface area contributed by atoms with E-state index in [9.17, 15) is 14.4 Å². The molecule has 0 aliphatic heterocycles. The van der Waals surface area contributed by atoms with E-state index in [1.165, 1.54) is 0 Å². The minimum Gasteiger partial charge on any atom is -0.425 e. The second-order valence-corrected chi connectivity index (χ2v) is 15.2. The molecule has 1 aliphatic rings. The van der Waals surface area contributed by atoms with Gasteiger partial charge in [-0.1, -0.05) is 18.2 Å². The lowest BCUT2D eigenvalue weighted by molar-refractivity contribution is -0.150. The highest BCUT2D eigenvalue weighted by Crippen LogP contribution is 2.40. The molecule has 0 unspecified atom stereocenters. The number of hydrogen-bond acceptors (Lipinski definition) is 9. The molecule has 1 fully saturated rings. The Morgan fingerprint density at radius 2 is 0.741 bits per heavy atom. The van der Waals surface area contributed by atoms with E-state index in [2.05, 4.69) is 62.7 Å². The van der Waals surface area contributed by atoms with Crippen molar-refractivity contribution in [2.24, 2.45) is 17.8 Å². The first-order valence-electron chi connectivity index (χ1n) is 17.0. The first kappa shape index (κ1) is 37.3. The third kappa shape index (κ3) is 8.83. The number of aromatic nitrogens is 3. The molecule has 3 aromatic carbocycles. The SMILES string of the molecule is O=C(Oc1ccc(-c2ccccn2)cc1Br)C1CC(C(=O)Oc2ccc(-c3ccccn3)cc2Br)CC(C(=O)Oc2ccc(-c3ccccn3)cc2Br)C1. The van der Waals surface area contributed by atoms with Gasteiger partial charge in [-0.15, -0.1) is 0 Å². The quantitative estimate of drug-likeness (QED) is 0.103. The fourth-order valence-corrected chi connectivity index (χ4v) is 7.68. The fraction of sp³-hybridized carbons (Fsp3) is 0.143. The summed E-state index contributed by atoms with van der Waals surface area (Å²) in [4.78, 5) is 54.5. The van der Waals surface area contributed by atoms with E-state index in [-0.39, 0.29) is 19.3 Å². The molecule has 54 heavy (non-hydrogen) atoms. The summed E-state index contributed by atoms with van der Waals surface area (Å²) < 4.78 is 19.3. The first-order valence-corrected chi connectivity index (χ1v) is 19.4. The molecule has 9 nitrogen and oxygen atoms in total. The van der Waals surface area contributed by atoms with Gasteiger partial charge in [0.25, 0.3) is 0 Å². The molecule has 0 radical (unpaired) electrons. The summed E-state index contributed by atoms with van der Waals surface area (Å²) in [5.41, 5.74) is 4.81. The van der Waals surface area contributed by atoms with E-state index >= 15 is 0 Å². The Hall–Kier alpha value is -5.04. The van der Waals surface area contributed by atoms with E-state index in [0.717, 1.165) is 33.8 Å². The van der Waals surface area contributed by atoms with Crippen LogP contribution in [0.3, 0.4) is 0 Å². The molecule has 12 heteroatoms. The molecular weight excluding hydrogens is 882 g/mol. The highest BCUT2D eigenvalue weighted by Gasteiger charge is 2.42. The summed E-state index contributed by atoms with van der Waals surface area (Å²) in [5.74, 6) is -3.22. The van der Waals surface area contributed by atoms with Crippen molar-refractivity contribution >= 4 is 65.7 Å². The predicted molar refractivity (Wildman–Crippen MR) is 213 cm³/mol. The molecule has 0 saturated heterocycles. The first-order chi connectivity index (χ1) is 26.2. The maximum Gasteiger partial charge on any atom is 0.314 e. The van der Waals surface area contributed by atoms with Crippen LogP contribution in [0.15, 0.2) is 141 Å². The summed E-state index contributed by atoms with van der Waals surface area (Å²) >= 11 is 10.6. The van der Waals surface area contributed by atoms with E-state index in [0.29, 0.717) is 30.7 Å². The van der Waals surface area contributed by atoms with Gasteiger partial charge in [0.2, 0.25) is 0 Å². The van der Waals surface area contributed by atoms with Crippen LogP contribution in [0, 0.1) is 17.8 Å². The third-order valence-electron chi connectivity index (χ3n) is 9.02. The van der Waals surface area contributed by atoms with Crippen LogP contribution in [-0.4, -0.2) is 32.9 Å². The largest absolute Gasteiger partial charge is 0.425 e. The lowest BCUT2D eigenvalue weighted by Gasteiger charge is -2.31. The molecular formula is C42H30Br3N3O6. The van der Waals surface area contributed by atoms with Crippen LogP contribution in [0.2, 0.25) is 0 Å². The number of carbonyl (C=O) groups is 3. The molecule has 3 aromatic heterocycles. The van der Waals surface area contributed by atoms with Gasteiger partial charge in [-0.3, -0.25) is 29.3 Å². The Bertz CT molecular complexity index is 2050. The number of halogens is 3. The maximum atomic E-state index is 13.8. The lowest BCUT2D eigenvalue weighted by atomic mass is 9.75. The molecule has 0 N–H and O–H groups in total. The van der Waals surface area contributed by atoms with Gasteiger partial charge in [-0.05, 0) is 158 Å². The molecule has 1 aliphatic carbocycles. The number of carbonyl (C=O) groups excluding carboxylic acids is 3. The van der Waals surface area contributed by atoms with Crippen molar-refractivity contribution < 1.29 is 28.6 Å². The Morgan fingerprint density at radius 3 is 0.981 bits per heavy atom. The van der Waals surface area contributed by atoms with Gasteiger partial charge in [-0.2, -0.15) is 0 Å². The number of esters is 3. The van der Waals surface area contributed by atoms with Gasteiger partial charge in [0.1, 0.15) is 17.2 Å². The Labute approximate surface area is 336 Å². The van der Waals surface area contributed by atoms with Gasteiger partial charge >= 0.3 is 17.9 Å². The van der Waals surface area contributed by atoms with Crippen molar-refractivity contribution in [1.82, 2.24) is 15.0 Å². The van der Waals surface area contributed by atoms with Gasteiger partial charge in [0, 0.05) is 35.3 Å². The van der Waals surface area contributed by atoms with E-state index in [1.807, 2.05) is 91.0 Å². The zero-order valence-corrected chi connectivity index (χ0v) is 33.2. The van der Waals surface area contributed by atoms with Gasteiger partial charge in [0.05, 0.1) is 48.3 Å². The fourth-order valence-electron chi connectivity index (χ4n) is 6.30. The van der Waals surface area contributed by atoms with Crippen LogP contribution < -0.4 is 14.2 Å². The molecule has 0 amide bonds. The average molecular weight is 912 g/mol. The molecule has 6 aromatic rings. The van der Waals surface area contributed by atoms with Gasteiger partial charge in [-0.25, -0.2) is 0 Å². The van der Waals surface area contributed by atoms with Crippen molar-refractivity contribution in [3.8, 4) is 51.0 Å². The lowest BCUT2D eigenvalue weighted by Crippen LogP contribution is -2.39. The number of ether oxygens (including phenoxy) is 3. The molecule has 0 atom stereocenters. The highest BCUT2D eigenvalue weighted by molar-refractivity contribution is 9.11. The van der Waals surface area contributed by atoms with E-state index < -0.39 is 35.7 Å². The number of pyridine rings is 3. The Balaban J connectivity index is 1.10. The molecule has 1 saturated carbocycles. The third-order valence-corrected chi connectivity index (χ3v) is 10.9. The summed E-state index contributed by atoms with van der Waals surface area (Å²) in [5, 5.41) is 0. The summed E-state index contributed by atoms with van der Waals surface area (Å²) in [6.07, 6.45) is 5.48. The number of benzene rings is 3. The summed E-state index contributed by atoms with van der Waals surface area (Å²) in [6.45, 7) is 0. The van der Waals surface area contributed by atoms with Crippen LogP contribution >= 0.6 is 47.8 Å². The van der Waals surface area contributed by atoms with Crippen molar-refractivity contribution in [3.63, 3.8) is 0 Å². The molecule has 7 rings (SSSR count). The van der Waals surface area contributed by atoms with Crippen LogP contribution in [-0.2, 0) is 14.4 Å². The van der Waals surface area contributed by atoms with Crippen LogP contribution in [0.4, 0.5) is 0 Å². The predicted octanol–water partition coefficient (Wildman–Crippen LogP) is 10.3. The minimum absolute atomic E-state index is 0.122. The average Bonchev–Trinajstić information content (AvgIpc) is 3.20. The normalized spacial score (nSPS) is 16.6. The topological polar surface area (TPSA) is 118 Å². The van der Waals surface area contributed by atoms with E-state index in [1.54, 1.807) is 36.8 Å². The molecule has 0 spiro atoms. The smallest absolute Gasteiger partial charge is 0.314 e. The van der Waals surface area contributed by atoms with Crippen molar-refractivity contribution in [3.05, 3.63) is 141 Å². The van der Waals surface area contributed by atoms with Crippen LogP contribution in [0.25, 0.3) is 33.8 Å². The second-order valence-electron chi connectivity index (χ2n) is 12.6. The second kappa shape index (κ2) is 17.0. The van der Waals surface area contributed by atoms with Crippen molar-refractivity contribution in [1.29, 1.82) is 0 Å². The van der Waals surface area contributed by atoms with Crippen LogP contribution in [0.1, 0.15) is 19.3 Å². The van der Waals surface area contributed by atoms with Crippen molar-refractivity contribution in [2.75, 3.05) is 0 Å². The Kier molecular flexibility index (Phi) is 11.7. The maximum absolute atomic E-state index is 13.8. The van der Waals surface area contributed by atoms with E-state index in [4.69, 9.17) is 14.2 Å². The van der Waals surface area contributed by atoms with Gasteiger partial charge < -0.3 is 14.2 Å². The molecule has 3 heterocycles. The molecule has 270 valence electrons. The standard InChI is InChI=1S/C42H30Br3N3O6/c43-31-22-25(34-7-1-4-16-46-34)10-13-37(31)52-40(49)28-19-29(41(50)53-38-14-11-26(23-32(38)44)35-8-2-5-17-47-35)21-30(20-28)42(51)54-39-15-12-27(24-33(39)45)36-9-3-6-18-48-36/h1-18,22-24,28-30H,19-21H2.